The van der Waals surface area contributed by atoms with Gasteiger partial charge in [0.05, 0.1) is 62.0 Å². The first-order chi connectivity index (χ1) is 24.9. The largest absolute Gasteiger partial charge is 0.493 e. The number of hydrogen-bond acceptors (Lipinski definition) is 9. The predicted molar refractivity (Wildman–Crippen MR) is 191 cm³/mol. The molecule has 51 heavy (non-hydrogen) atoms. The molecule has 2 saturated heterocycles. The number of nitrogens with zero attached hydrogens (tertiary/aromatic N) is 4. The van der Waals surface area contributed by atoms with Crippen LogP contribution in [0, 0.1) is 0 Å². The lowest BCUT2D eigenvalue weighted by Crippen LogP contribution is -2.42. The van der Waals surface area contributed by atoms with Crippen molar-refractivity contribution in [1.29, 1.82) is 0 Å². The van der Waals surface area contributed by atoms with E-state index in [1.807, 2.05) is 46.3 Å². The van der Waals surface area contributed by atoms with Crippen molar-refractivity contribution in [1.82, 2.24) is 9.80 Å². The molecule has 12 nitrogen and oxygen atoms in total. The highest BCUT2D eigenvalue weighted by Gasteiger charge is 2.39. The third-order valence-electron chi connectivity index (χ3n) is 10.0. The van der Waals surface area contributed by atoms with Crippen molar-refractivity contribution in [3.05, 3.63) is 71.3 Å². The Morgan fingerprint density at radius 1 is 0.784 bits per heavy atom. The maximum absolute atomic E-state index is 13.7. The predicted octanol–water partition coefficient (Wildman–Crippen LogP) is 6.41. The molecule has 2 fully saturated rings. The molecule has 0 aromatic heterocycles. The number of hydrogen-bond donors (Lipinski definition) is 0. The lowest BCUT2D eigenvalue weighted by Gasteiger charge is -2.26. The number of amides is 3. The van der Waals surface area contributed by atoms with Gasteiger partial charge in [-0.3, -0.25) is 19.5 Å². The summed E-state index contributed by atoms with van der Waals surface area (Å²) >= 11 is 0. The van der Waals surface area contributed by atoms with Crippen molar-refractivity contribution < 1.29 is 38.1 Å². The number of carbonyl (C=O) groups excluding carboxylic acids is 3. The van der Waals surface area contributed by atoms with Crippen molar-refractivity contribution >= 4 is 35.5 Å². The number of anilines is 1. The first-order valence-corrected chi connectivity index (χ1v) is 17.8. The van der Waals surface area contributed by atoms with Crippen LogP contribution in [0.5, 0.6) is 23.0 Å². The minimum atomic E-state index is -0.511. The van der Waals surface area contributed by atoms with Crippen LogP contribution in [0.15, 0.2) is 59.6 Å². The van der Waals surface area contributed by atoms with Gasteiger partial charge in [0.25, 0.3) is 11.8 Å². The second-order valence-electron chi connectivity index (χ2n) is 13.2. The van der Waals surface area contributed by atoms with Crippen molar-refractivity contribution in [3.63, 3.8) is 0 Å². The van der Waals surface area contributed by atoms with Gasteiger partial charge in [-0.15, -0.1) is 0 Å². The van der Waals surface area contributed by atoms with Crippen molar-refractivity contribution in [2.75, 3.05) is 52.0 Å². The third kappa shape index (κ3) is 7.17. The monoisotopic (exact) mass is 696 g/mol. The van der Waals surface area contributed by atoms with E-state index in [4.69, 9.17) is 23.7 Å². The summed E-state index contributed by atoms with van der Waals surface area (Å²) in [6.45, 7) is 2.69. The van der Waals surface area contributed by atoms with E-state index in [0.29, 0.717) is 71.8 Å². The van der Waals surface area contributed by atoms with E-state index in [9.17, 15) is 14.4 Å². The second-order valence-corrected chi connectivity index (χ2v) is 13.2. The highest BCUT2D eigenvalue weighted by atomic mass is 16.6. The van der Waals surface area contributed by atoms with Crippen LogP contribution in [-0.4, -0.2) is 93.1 Å². The number of carbonyl (C=O) groups is 3. The van der Waals surface area contributed by atoms with Crippen molar-refractivity contribution in [2.45, 2.75) is 63.6 Å². The Kier molecular flexibility index (Phi) is 10.3. The number of fused-ring (bicyclic) bond motifs is 4. The fourth-order valence-electron chi connectivity index (χ4n) is 7.31. The fourth-order valence-corrected chi connectivity index (χ4v) is 7.31. The average Bonchev–Trinajstić information content (AvgIpc) is 3.79. The zero-order valence-corrected chi connectivity index (χ0v) is 29.2. The molecular weight excluding hydrogens is 652 g/mol. The molecule has 12 heteroatoms. The minimum Gasteiger partial charge on any atom is -0.493 e. The van der Waals surface area contributed by atoms with Crippen molar-refractivity contribution in [2.24, 2.45) is 4.99 Å². The number of aliphatic imine (C=N–C) groups is 1. The van der Waals surface area contributed by atoms with E-state index in [1.165, 1.54) is 0 Å². The van der Waals surface area contributed by atoms with Crippen LogP contribution in [0.1, 0.15) is 71.2 Å². The summed E-state index contributed by atoms with van der Waals surface area (Å²) in [5, 5.41) is 0. The average molecular weight is 697 g/mol. The quantitative estimate of drug-likeness (QED) is 0.199. The standard InChI is InChI=1S/C39H44N4O8/c1-47-33-19-29-31(40-23-27-13-9-15-41(27)37(29)44)21-35(33)49-17-7-4-8-18-50-36-22-32-30(20-34(36)48-2)38(45)42-16-10-14-28(42)24-43(32)39(46)51-25-26-11-5-3-6-12-26/h3,5-6,11-12,19-23,27-28H,4,7-10,13-18,24-25H2,1-2H3/t27-,28-/m0/s1. The van der Waals surface area contributed by atoms with Gasteiger partial charge in [-0.05, 0) is 62.6 Å². The number of rotatable bonds is 12. The van der Waals surface area contributed by atoms with E-state index in [2.05, 4.69) is 4.99 Å². The SMILES string of the molecule is COc1cc2c(cc1OCCCCCOc1cc3c(cc1OC)C(=O)N1CCC[C@H]1CN3C(=O)OCc1ccccc1)N=C[C@@H]1CCCN1C2=O. The lowest BCUT2D eigenvalue weighted by molar-refractivity contribution is 0.0744. The van der Waals surface area contributed by atoms with E-state index in [-0.39, 0.29) is 30.5 Å². The molecule has 4 aliphatic rings. The summed E-state index contributed by atoms with van der Waals surface area (Å²) in [6, 6.07) is 16.4. The molecule has 4 aliphatic heterocycles. The molecule has 0 bridgehead atoms. The summed E-state index contributed by atoms with van der Waals surface area (Å²) in [7, 11) is 3.11. The van der Waals surface area contributed by atoms with Gasteiger partial charge in [-0.2, -0.15) is 0 Å². The van der Waals surface area contributed by atoms with Crippen LogP contribution in [0.25, 0.3) is 0 Å². The molecule has 0 spiro atoms. The van der Waals surface area contributed by atoms with Gasteiger partial charge >= 0.3 is 6.09 Å². The van der Waals surface area contributed by atoms with Gasteiger partial charge < -0.3 is 33.5 Å². The smallest absolute Gasteiger partial charge is 0.414 e. The van der Waals surface area contributed by atoms with E-state index >= 15 is 0 Å². The number of methoxy groups -OCH3 is 2. The molecule has 0 unspecified atom stereocenters. The highest BCUT2D eigenvalue weighted by molar-refractivity contribution is 6.06. The zero-order valence-electron chi connectivity index (χ0n) is 29.2. The topological polar surface area (TPSA) is 119 Å². The molecule has 4 heterocycles. The van der Waals surface area contributed by atoms with Gasteiger partial charge in [-0.25, -0.2) is 4.79 Å². The van der Waals surface area contributed by atoms with Crippen LogP contribution in [0.3, 0.4) is 0 Å². The molecule has 0 radical (unpaired) electrons. The molecule has 0 aliphatic carbocycles. The van der Waals surface area contributed by atoms with E-state index in [1.54, 1.807) is 43.4 Å². The molecule has 3 amide bonds. The van der Waals surface area contributed by atoms with E-state index < -0.39 is 6.09 Å². The first-order valence-electron chi connectivity index (χ1n) is 17.8. The number of unbranched alkanes of at least 4 members (excludes halogenated alkanes) is 2. The van der Waals surface area contributed by atoms with Gasteiger partial charge in [0.1, 0.15) is 6.61 Å². The molecule has 0 saturated carbocycles. The molecule has 2 atom stereocenters. The van der Waals surface area contributed by atoms with Gasteiger partial charge in [0.2, 0.25) is 0 Å². The Bertz CT molecular complexity index is 1800. The van der Waals surface area contributed by atoms with E-state index in [0.717, 1.165) is 57.1 Å². The second kappa shape index (κ2) is 15.3. The zero-order chi connectivity index (χ0) is 35.3. The Balaban J connectivity index is 0.975. The Labute approximate surface area is 297 Å². The summed E-state index contributed by atoms with van der Waals surface area (Å²) in [5.41, 5.74) is 2.85. The van der Waals surface area contributed by atoms with Crippen LogP contribution in [0.4, 0.5) is 16.2 Å². The minimum absolute atomic E-state index is 0.0244. The Morgan fingerprint density at radius 2 is 1.45 bits per heavy atom. The maximum atomic E-state index is 13.7. The van der Waals surface area contributed by atoms with Crippen LogP contribution >= 0.6 is 0 Å². The summed E-state index contributed by atoms with van der Waals surface area (Å²) in [5.74, 6) is 1.79. The molecule has 0 N–H and O–H groups in total. The first kappa shape index (κ1) is 34.2. The van der Waals surface area contributed by atoms with Crippen LogP contribution < -0.4 is 23.8 Å². The fraction of sp³-hybridized carbons (Fsp3) is 0.436. The summed E-state index contributed by atoms with van der Waals surface area (Å²) < 4.78 is 29.3. The van der Waals surface area contributed by atoms with Gasteiger partial charge in [-0.1, -0.05) is 30.3 Å². The maximum Gasteiger partial charge on any atom is 0.414 e. The highest BCUT2D eigenvalue weighted by Crippen LogP contribution is 2.41. The third-order valence-corrected chi connectivity index (χ3v) is 10.0. The molecule has 7 rings (SSSR count). The Hall–Kier alpha value is -5.26. The lowest BCUT2D eigenvalue weighted by atomic mass is 10.1. The van der Waals surface area contributed by atoms with Gasteiger partial charge in [0.15, 0.2) is 23.0 Å². The Morgan fingerprint density at radius 3 is 2.20 bits per heavy atom. The normalized spacial score (nSPS) is 19.1. The summed E-state index contributed by atoms with van der Waals surface area (Å²) in [6.07, 6.45) is 7.27. The molecule has 3 aromatic rings. The molecular formula is C39H44N4O8. The van der Waals surface area contributed by atoms with Crippen molar-refractivity contribution in [3.8, 4) is 23.0 Å². The van der Waals surface area contributed by atoms with Crippen LogP contribution in [-0.2, 0) is 11.3 Å². The molecule has 268 valence electrons. The molecule has 3 aromatic carbocycles. The van der Waals surface area contributed by atoms with Gasteiger partial charge in [0, 0.05) is 38.0 Å². The summed E-state index contributed by atoms with van der Waals surface area (Å²) in [4.78, 5) is 50.3. The number of benzene rings is 3. The van der Waals surface area contributed by atoms with Crippen LogP contribution in [0.2, 0.25) is 0 Å². The number of ether oxygens (including phenoxy) is 5.